The first kappa shape index (κ1) is 20.0. The number of nitrogens with one attached hydrogen (secondary N) is 1. The fourth-order valence-electron chi connectivity index (χ4n) is 2.10. The summed E-state index contributed by atoms with van der Waals surface area (Å²) < 4.78 is 5.48. The van der Waals surface area contributed by atoms with E-state index in [4.69, 9.17) is 4.42 Å². The number of amides is 1. The maximum atomic E-state index is 12.1. The maximum Gasteiger partial charge on any atom is 0.277 e. The van der Waals surface area contributed by atoms with Crippen molar-refractivity contribution < 1.29 is 14.1 Å². The molecule has 0 unspecified atom stereocenters. The number of nitro benzene ring substituents is 1. The summed E-state index contributed by atoms with van der Waals surface area (Å²) in [4.78, 5) is 26.9. The fraction of sp³-hybridized carbons (Fsp3) is 0.294. The van der Waals surface area contributed by atoms with E-state index < -0.39 is 4.92 Å². The van der Waals surface area contributed by atoms with Crippen LogP contribution >= 0.6 is 23.1 Å². The van der Waals surface area contributed by atoms with Crippen molar-refractivity contribution in [2.45, 2.75) is 31.4 Å². The number of nitro groups is 1. The number of non-ortho nitro benzene ring substituents is 1. The van der Waals surface area contributed by atoms with E-state index in [1.54, 1.807) is 6.07 Å². The van der Waals surface area contributed by atoms with Crippen LogP contribution in [0, 0.1) is 10.1 Å². The monoisotopic (exact) mass is 419 g/mol. The number of hydrogen-bond donors (Lipinski definition) is 1. The Balaban J connectivity index is 1.58. The molecule has 0 saturated heterocycles. The summed E-state index contributed by atoms with van der Waals surface area (Å²) in [6.45, 7) is 6.16. The smallest absolute Gasteiger partial charge is 0.277 e. The van der Waals surface area contributed by atoms with E-state index in [1.807, 2.05) is 5.38 Å². The van der Waals surface area contributed by atoms with Crippen LogP contribution < -0.4 is 5.32 Å². The molecule has 0 aliphatic heterocycles. The molecule has 0 radical (unpaired) electrons. The highest BCUT2D eigenvalue weighted by Crippen LogP contribution is 2.28. The van der Waals surface area contributed by atoms with Crippen molar-refractivity contribution in [3.05, 3.63) is 45.5 Å². The highest BCUT2D eigenvalue weighted by atomic mass is 32.2. The Hall–Kier alpha value is -2.79. The van der Waals surface area contributed by atoms with Crippen molar-refractivity contribution in [2.24, 2.45) is 0 Å². The SMILES string of the molecule is CC(C)(C)c1csc(NC(=O)CSc2nnc(-c3cccc([N+](=O)[O-])c3)o2)n1. The Kier molecular flexibility index (Phi) is 5.75. The van der Waals surface area contributed by atoms with Crippen molar-refractivity contribution in [1.82, 2.24) is 15.2 Å². The summed E-state index contributed by atoms with van der Waals surface area (Å²) in [5, 5.41) is 24.0. The van der Waals surface area contributed by atoms with Gasteiger partial charge in [-0.2, -0.15) is 0 Å². The second-order valence-corrected chi connectivity index (χ2v) is 8.59. The van der Waals surface area contributed by atoms with E-state index in [2.05, 4.69) is 41.3 Å². The molecule has 11 heteroatoms. The zero-order chi connectivity index (χ0) is 20.3. The number of aromatic nitrogens is 3. The van der Waals surface area contributed by atoms with E-state index in [0.29, 0.717) is 10.7 Å². The van der Waals surface area contributed by atoms with Crippen LogP contribution in [0.15, 0.2) is 39.3 Å². The van der Waals surface area contributed by atoms with Crippen molar-refractivity contribution in [3.63, 3.8) is 0 Å². The van der Waals surface area contributed by atoms with Crippen molar-refractivity contribution >= 4 is 39.8 Å². The lowest BCUT2D eigenvalue weighted by molar-refractivity contribution is -0.384. The van der Waals surface area contributed by atoms with Crippen LogP contribution in [0.2, 0.25) is 0 Å². The number of carbonyl (C=O) groups excluding carboxylic acids is 1. The van der Waals surface area contributed by atoms with Crippen LogP contribution in [-0.2, 0) is 10.2 Å². The summed E-state index contributed by atoms with van der Waals surface area (Å²) in [5.74, 6) is -0.0164. The minimum Gasteiger partial charge on any atom is -0.411 e. The average molecular weight is 419 g/mol. The van der Waals surface area contributed by atoms with E-state index in [-0.39, 0.29) is 33.9 Å². The maximum absolute atomic E-state index is 12.1. The molecule has 1 amide bonds. The van der Waals surface area contributed by atoms with E-state index in [0.717, 1.165) is 17.5 Å². The van der Waals surface area contributed by atoms with Gasteiger partial charge in [-0.15, -0.1) is 21.5 Å². The van der Waals surface area contributed by atoms with Crippen LogP contribution in [0.4, 0.5) is 10.8 Å². The molecule has 0 bridgehead atoms. The number of nitrogens with zero attached hydrogens (tertiary/aromatic N) is 4. The van der Waals surface area contributed by atoms with Crippen LogP contribution in [0.1, 0.15) is 26.5 Å². The summed E-state index contributed by atoms with van der Waals surface area (Å²) in [5.41, 5.74) is 1.21. The molecule has 0 aliphatic rings. The normalized spacial score (nSPS) is 11.4. The van der Waals surface area contributed by atoms with Gasteiger partial charge in [-0.25, -0.2) is 4.98 Å². The molecular formula is C17H17N5O4S2. The number of hydrogen-bond acceptors (Lipinski definition) is 9. The second-order valence-electron chi connectivity index (χ2n) is 6.81. The summed E-state index contributed by atoms with van der Waals surface area (Å²) in [6, 6.07) is 5.90. The lowest BCUT2D eigenvalue weighted by Gasteiger charge is -2.14. The van der Waals surface area contributed by atoms with Gasteiger partial charge < -0.3 is 9.73 Å². The standard InChI is InChI=1S/C17H17N5O4S2/c1-17(2,3)12-8-27-15(18-12)19-13(23)9-28-16-21-20-14(26-16)10-5-4-6-11(7-10)22(24)25/h4-8H,9H2,1-3H3,(H,18,19,23). The van der Waals surface area contributed by atoms with Gasteiger partial charge in [0.15, 0.2) is 5.13 Å². The quantitative estimate of drug-likeness (QED) is 0.359. The topological polar surface area (TPSA) is 124 Å². The van der Waals surface area contributed by atoms with Crippen molar-refractivity contribution in [2.75, 3.05) is 11.1 Å². The van der Waals surface area contributed by atoms with E-state index >= 15 is 0 Å². The molecule has 0 aliphatic carbocycles. The summed E-state index contributed by atoms with van der Waals surface area (Å²) in [6.07, 6.45) is 0. The first-order chi connectivity index (χ1) is 13.2. The Morgan fingerprint density at radius 3 is 2.82 bits per heavy atom. The van der Waals surface area contributed by atoms with Gasteiger partial charge in [0, 0.05) is 28.5 Å². The molecule has 0 atom stereocenters. The fourth-order valence-corrected chi connectivity index (χ4v) is 3.61. The molecule has 0 spiro atoms. The molecule has 1 N–H and O–H groups in total. The van der Waals surface area contributed by atoms with Crippen LogP contribution in [0.5, 0.6) is 0 Å². The highest BCUT2D eigenvalue weighted by Gasteiger charge is 2.19. The highest BCUT2D eigenvalue weighted by molar-refractivity contribution is 7.99. The Morgan fingerprint density at radius 1 is 1.36 bits per heavy atom. The van der Waals surface area contributed by atoms with Crippen LogP contribution in [0.3, 0.4) is 0 Å². The Labute approximate surface area is 168 Å². The summed E-state index contributed by atoms with van der Waals surface area (Å²) in [7, 11) is 0. The molecule has 2 aromatic heterocycles. The lowest BCUT2D eigenvalue weighted by atomic mass is 9.93. The van der Waals surface area contributed by atoms with Gasteiger partial charge in [0.05, 0.1) is 16.4 Å². The van der Waals surface area contributed by atoms with Gasteiger partial charge in [0.25, 0.3) is 10.9 Å². The predicted octanol–water partition coefficient (Wildman–Crippen LogP) is 4.13. The van der Waals surface area contributed by atoms with Crippen molar-refractivity contribution in [3.8, 4) is 11.5 Å². The second kappa shape index (κ2) is 8.07. The first-order valence-corrected chi connectivity index (χ1v) is 10.1. The zero-order valence-corrected chi connectivity index (χ0v) is 17.0. The number of rotatable bonds is 6. The van der Waals surface area contributed by atoms with Crippen LogP contribution in [0.25, 0.3) is 11.5 Å². The van der Waals surface area contributed by atoms with Gasteiger partial charge in [-0.1, -0.05) is 38.6 Å². The first-order valence-electron chi connectivity index (χ1n) is 8.19. The van der Waals surface area contributed by atoms with Crippen LogP contribution in [-0.4, -0.2) is 31.8 Å². The minimum absolute atomic E-state index is 0.0673. The third kappa shape index (κ3) is 4.93. The van der Waals surface area contributed by atoms with Gasteiger partial charge in [0.2, 0.25) is 11.8 Å². The van der Waals surface area contributed by atoms with Gasteiger partial charge in [-0.05, 0) is 6.07 Å². The largest absolute Gasteiger partial charge is 0.411 e. The number of thiazole rings is 1. The van der Waals surface area contributed by atoms with Gasteiger partial charge >= 0.3 is 0 Å². The third-order valence-corrected chi connectivity index (χ3v) is 5.13. The van der Waals surface area contributed by atoms with Crippen molar-refractivity contribution in [1.29, 1.82) is 0 Å². The predicted molar refractivity (Wildman–Crippen MR) is 107 cm³/mol. The average Bonchev–Trinajstić information content (AvgIpc) is 3.29. The molecule has 146 valence electrons. The molecule has 9 nitrogen and oxygen atoms in total. The number of benzene rings is 1. The lowest BCUT2D eigenvalue weighted by Crippen LogP contribution is -2.15. The van der Waals surface area contributed by atoms with E-state index in [9.17, 15) is 14.9 Å². The molecular weight excluding hydrogens is 402 g/mol. The number of thioether (sulfide) groups is 1. The van der Waals surface area contributed by atoms with Gasteiger partial charge in [-0.3, -0.25) is 14.9 Å². The molecule has 3 rings (SSSR count). The molecule has 1 aromatic carbocycles. The molecule has 28 heavy (non-hydrogen) atoms. The Bertz CT molecular complexity index is 1010. The van der Waals surface area contributed by atoms with Gasteiger partial charge in [0.1, 0.15) is 0 Å². The zero-order valence-electron chi connectivity index (χ0n) is 15.3. The molecule has 0 fully saturated rings. The number of anilines is 1. The Morgan fingerprint density at radius 2 is 2.14 bits per heavy atom. The molecule has 3 aromatic rings. The molecule has 2 heterocycles. The molecule has 0 saturated carbocycles. The number of carbonyl (C=O) groups is 1. The summed E-state index contributed by atoms with van der Waals surface area (Å²) >= 11 is 2.45. The third-order valence-electron chi connectivity index (χ3n) is 3.56. The minimum atomic E-state index is -0.496. The van der Waals surface area contributed by atoms with E-state index in [1.165, 1.54) is 29.5 Å².